The van der Waals surface area contributed by atoms with E-state index in [4.69, 9.17) is 10.00 Å². The number of nitriles is 1. The van der Waals surface area contributed by atoms with Gasteiger partial charge in [-0.25, -0.2) is 4.79 Å². The highest BCUT2D eigenvalue weighted by Gasteiger charge is 2.45. The van der Waals surface area contributed by atoms with Gasteiger partial charge in [-0.1, -0.05) is 6.08 Å². The first-order valence-corrected chi connectivity index (χ1v) is 7.87. The first-order chi connectivity index (χ1) is 11.5. The second-order valence-corrected chi connectivity index (χ2v) is 6.74. The molecule has 2 amide bonds. The van der Waals surface area contributed by atoms with Crippen LogP contribution in [-0.2, 0) is 19.1 Å². The van der Waals surface area contributed by atoms with Gasteiger partial charge in [0.2, 0.25) is 11.8 Å². The minimum Gasteiger partial charge on any atom is -0.479 e. The zero-order chi connectivity index (χ0) is 19.7. The van der Waals surface area contributed by atoms with E-state index in [-0.39, 0.29) is 13.0 Å². The molecule has 0 aromatic carbocycles. The van der Waals surface area contributed by atoms with E-state index in [1.807, 2.05) is 0 Å². The van der Waals surface area contributed by atoms with E-state index in [0.717, 1.165) is 4.90 Å². The molecule has 0 fully saturated rings. The van der Waals surface area contributed by atoms with E-state index >= 15 is 0 Å². The Morgan fingerprint density at radius 1 is 1.36 bits per heavy atom. The summed E-state index contributed by atoms with van der Waals surface area (Å²) in [5, 5.41) is 21.3. The number of amides is 2. The highest BCUT2D eigenvalue weighted by Crippen LogP contribution is 2.21. The highest BCUT2D eigenvalue weighted by atomic mass is 16.5. The van der Waals surface area contributed by atoms with Crippen molar-refractivity contribution in [1.82, 2.24) is 10.2 Å². The fraction of sp³-hybridized carbons (Fsp3) is 0.647. The van der Waals surface area contributed by atoms with Gasteiger partial charge in [-0.05, 0) is 27.2 Å². The summed E-state index contributed by atoms with van der Waals surface area (Å²) in [7, 11) is 1.31. The van der Waals surface area contributed by atoms with Crippen LogP contribution < -0.4 is 5.32 Å². The lowest BCUT2D eigenvalue weighted by Gasteiger charge is -2.36. The fourth-order valence-electron chi connectivity index (χ4n) is 2.08. The van der Waals surface area contributed by atoms with Crippen LogP contribution in [-0.4, -0.2) is 59.1 Å². The van der Waals surface area contributed by atoms with Crippen molar-refractivity contribution < 1.29 is 24.2 Å². The Labute approximate surface area is 148 Å². The van der Waals surface area contributed by atoms with Gasteiger partial charge in [0.1, 0.15) is 6.61 Å². The van der Waals surface area contributed by atoms with Crippen molar-refractivity contribution in [3.05, 3.63) is 12.7 Å². The number of carboxylic acids is 1. The van der Waals surface area contributed by atoms with Crippen molar-refractivity contribution >= 4 is 17.8 Å². The van der Waals surface area contributed by atoms with E-state index < -0.39 is 41.9 Å². The molecule has 0 spiro atoms. The zero-order valence-electron chi connectivity index (χ0n) is 15.3. The maximum Gasteiger partial charge on any atom is 0.333 e. The Kier molecular flexibility index (Phi) is 8.85. The average molecular weight is 353 g/mol. The van der Waals surface area contributed by atoms with Gasteiger partial charge in [-0.15, -0.1) is 6.58 Å². The molecule has 0 bridgehead atoms. The van der Waals surface area contributed by atoms with Gasteiger partial charge < -0.3 is 20.1 Å². The first kappa shape index (κ1) is 22.6. The topological polar surface area (TPSA) is 120 Å². The van der Waals surface area contributed by atoms with Crippen molar-refractivity contribution in [1.29, 1.82) is 5.26 Å². The molecular formula is C17H27N3O5. The number of carbonyl (C=O) groups is 3. The number of aliphatic carboxylic acids is 1. The second kappa shape index (κ2) is 9.79. The Bertz CT molecular complexity index is 547. The maximum atomic E-state index is 12.2. The molecule has 0 saturated heterocycles. The van der Waals surface area contributed by atoms with Crippen LogP contribution in [0.1, 0.15) is 40.0 Å². The molecule has 0 heterocycles. The lowest BCUT2D eigenvalue weighted by Crippen LogP contribution is -2.58. The van der Waals surface area contributed by atoms with Gasteiger partial charge >= 0.3 is 5.97 Å². The molecule has 2 N–H and O–H groups in total. The number of nitrogens with one attached hydrogen (secondary N) is 1. The number of allylic oxidation sites excluding steroid dienone is 1. The van der Waals surface area contributed by atoms with Crippen LogP contribution in [0, 0.1) is 11.3 Å². The Morgan fingerprint density at radius 2 is 1.96 bits per heavy atom. The summed E-state index contributed by atoms with van der Waals surface area (Å²) in [5.74, 6) is -2.22. The van der Waals surface area contributed by atoms with Crippen LogP contribution >= 0.6 is 0 Å². The normalized spacial score (nSPS) is 13.2. The molecule has 0 saturated carbocycles. The smallest absolute Gasteiger partial charge is 0.333 e. The van der Waals surface area contributed by atoms with Gasteiger partial charge in [-0.2, -0.15) is 5.26 Å². The monoisotopic (exact) mass is 353 g/mol. The number of carboxylic acid groups (broad SMARTS) is 1. The molecule has 0 rings (SSSR count). The quantitative estimate of drug-likeness (QED) is 0.567. The van der Waals surface area contributed by atoms with E-state index in [1.165, 1.54) is 7.05 Å². The summed E-state index contributed by atoms with van der Waals surface area (Å²) < 4.78 is 5.24. The Balaban J connectivity index is 5.13. The van der Waals surface area contributed by atoms with Crippen molar-refractivity contribution in [3.63, 3.8) is 0 Å². The van der Waals surface area contributed by atoms with Gasteiger partial charge in [-0.3, -0.25) is 9.59 Å². The third-order valence-corrected chi connectivity index (χ3v) is 3.44. The van der Waals surface area contributed by atoms with Gasteiger partial charge in [0.05, 0.1) is 19.1 Å². The SMILES string of the molecule is C=CCCC(=O)N(C)C(CC#N)(COCC(=O)NC(C)(C)C)C(=O)O. The van der Waals surface area contributed by atoms with Crippen LogP contribution in [0.2, 0.25) is 0 Å². The average Bonchev–Trinajstić information content (AvgIpc) is 2.48. The van der Waals surface area contributed by atoms with Crippen LogP contribution in [0.3, 0.4) is 0 Å². The third-order valence-electron chi connectivity index (χ3n) is 3.44. The standard InChI is InChI=1S/C17H27N3O5/c1-6-7-8-14(22)20(5)17(9-10-18,15(23)24)12-25-11-13(21)19-16(2,3)4/h6H,1,7-9,11-12H2,2-5H3,(H,19,21)(H,23,24). The largest absolute Gasteiger partial charge is 0.479 e. The van der Waals surface area contributed by atoms with Crippen molar-refractivity contribution in [2.24, 2.45) is 0 Å². The predicted molar refractivity (Wildman–Crippen MR) is 91.5 cm³/mol. The van der Waals surface area contributed by atoms with Crippen LogP contribution in [0.25, 0.3) is 0 Å². The molecule has 140 valence electrons. The van der Waals surface area contributed by atoms with E-state index in [9.17, 15) is 19.5 Å². The summed E-state index contributed by atoms with van der Waals surface area (Å²) >= 11 is 0. The fourth-order valence-corrected chi connectivity index (χ4v) is 2.08. The molecule has 1 unspecified atom stereocenters. The Hall–Kier alpha value is -2.40. The number of carbonyl (C=O) groups excluding carboxylic acids is 2. The van der Waals surface area contributed by atoms with Crippen molar-refractivity contribution in [3.8, 4) is 6.07 Å². The maximum absolute atomic E-state index is 12.2. The van der Waals surface area contributed by atoms with Gasteiger partial charge in [0.15, 0.2) is 5.54 Å². The molecule has 0 radical (unpaired) electrons. The summed E-state index contributed by atoms with van der Waals surface area (Å²) in [4.78, 5) is 36.8. The summed E-state index contributed by atoms with van der Waals surface area (Å²) in [6.07, 6.45) is 1.55. The summed E-state index contributed by atoms with van der Waals surface area (Å²) in [5.41, 5.74) is -2.30. The van der Waals surface area contributed by atoms with Gasteiger partial charge in [0, 0.05) is 19.0 Å². The molecule has 1 atom stereocenters. The first-order valence-electron chi connectivity index (χ1n) is 7.87. The molecule has 0 aliphatic rings. The van der Waals surface area contributed by atoms with Gasteiger partial charge in [0.25, 0.3) is 0 Å². The molecule has 0 aliphatic heterocycles. The molecule has 8 heteroatoms. The second-order valence-electron chi connectivity index (χ2n) is 6.74. The molecule has 25 heavy (non-hydrogen) atoms. The summed E-state index contributed by atoms with van der Waals surface area (Å²) in [6, 6.07) is 1.78. The van der Waals surface area contributed by atoms with E-state index in [1.54, 1.807) is 32.9 Å². The molecule has 0 aliphatic carbocycles. The van der Waals surface area contributed by atoms with Crippen molar-refractivity contribution in [2.75, 3.05) is 20.3 Å². The Morgan fingerprint density at radius 3 is 2.40 bits per heavy atom. The predicted octanol–water partition coefficient (Wildman–Crippen LogP) is 1.08. The van der Waals surface area contributed by atoms with E-state index in [2.05, 4.69) is 11.9 Å². The number of nitrogens with zero attached hydrogens (tertiary/aromatic N) is 2. The highest BCUT2D eigenvalue weighted by molar-refractivity contribution is 5.87. The number of hydrogen-bond donors (Lipinski definition) is 2. The minimum absolute atomic E-state index is 0.0744. The van der Waals surface area contributed by atoms with Crippen LogP contribution in [0.4, 0.5) is 0 Å². The lowest BCUT2D eigenvalue weighted by molar-refractivity contribution is -0.163. The summed E-state index contributed by atoms with van der Waals surface area (Å²) in [6.45, 7) is 8.08. The number of hydrogen-bond acceptors (Lipinski definition) is 5. The number of likely N-dealkylation sites (N-methyl/N-ethyl adjacent to an activating group) is 1. The van der Waals surface area contributed by atoms with Crippen molar-refractivity contribution in [2.45, 2.75) is 51.1 Å². The molecule has 0 aromatic heterocycles. The molecule has 8 nitrogen and oxygen atoms in total. The number of rotatable bonds is 10. The molecule has 0 aromatic rings. The zero-order valence-corrected chi connectivity index (χ0v) is 15.3. The minimum atomic E-state index is -1.85. The van der Waals surface area contributed by atoms with E-state index in [0.29, 0.717) is 6.42 Å². The number of ether oxygens (including phenoxy) is 1. The lowest BCUT2D eigenvalue weighted by atomic mass is 9.94. The molecular weight excluding hydrogens is 326 g/mol. The van der Waals surface area contributed by atoms with Crippen LogP contribution in [0.15, 0.2) is 12.7 Å². The third kappa shape index (κ3) is 7.35. The van der Waals surface area contributed by atoms with Crippen LogP contribution in [0.5, 0.6) is 0 Å².